The number of amides is 1. The van der Waals surface area contributed by atoms with Crippen LogP contribution in [0.5, 0.6) is 5.75 Å². The molecule has 1 aliphatic heterocycles. The van der Waals surface area contributed by atoms with Gasteiger partial charge in [0.15, 0.2) is 6.61 Å². The van der Waals surface area contributed by atoms with Gasteiger partial charge < -0.3 is 14.8 Å². The summed E-state index contributed by atoms with van der Waals surface area (Å²) < 4.78 is 11.2. The van der Waals surface area contributed by atoms with E-state index < -0.39 is 0 Å². The second-order valence-electron chi connectivity index (χ2n) is 5.92. The van der Waals surface area contributed by atoms with E-state index in [1.165, 1.54) is 0 Å². The third-order valence-electron chi connectivity index (χ3n) is 3.70. The lowest BCUT2D eigenvalue weighted by Crippen LogP contribution is -2.35. The fourth-order valence-electron chi connectivity index (χ4n) is 2.47. The molecule has 0 spiro atoms. The highest BCUT2D eigenvalue weighted by Crippen LogP contribution is 2.27. The normalized spacial score (nSPS) is 18.0. The Morgan fingerprint density at radius 1 is 1.48 bits per heavy atom. The van der Waals surface area contributed by atoms with Crippen molar-refractivity contribution in [2.75, 3.05) is 19.8 Å². The van der Waals surface area contributed by atoms with Gasteiger partial charge in [0.1, 0.15) is 5.75 Å². The molecule has 1 saturated heterocycles. The van der Waals surface area contributed by atoms with Crippen LogP contribution in [0, 0.1) is 6.92 Å². The number of benzene rings is 1. The monoisotopic (exact) mass is 291 g/mol. The van der Waals surface area contributed by atoms with Gasteiger partial charge in [-0.05, 0) is 42.9 Å². The summed E-state index contributed by atoms with van der Waals surface area (Å²) in [7, 11) is 0. The van der Waals surface area contributed by atoms with Gasteiger partial charge in [0.05, 0.1) is 6.10 Å². The molecule has 1 atom stereocenters. The molecule has 1 heterocycles. The Labute approximate surface area is 126 Å². The Kier molecular flexibility index (Phi) is 5.62. The topological polar surface area (TPSA) is 47.6 Å². The highest BCUT2D eigenvalue weighted by Gasteiger charge is 2.16. The summed E-state index contributed by atoms with van der Waals surface area (Å²) in [5.74, 6) is 1.08. The Morgan fingerprint density at radius 3 is 2.95 bits per heavy atom. The number of rotatable bonds is 6. The van der Waals surface area contributed by atoms with E-state index in [-0.39, 0.29) is 18.6 Å². The molecule has 0 radical (unpaired) electrons. The van der Waals surface area contributed by atoms with Crippen LogP contribution in [0.3, 0.4) is 0 Å². The first kappa shape index (κ1) is 15.8. The van der Waals surface area contributed by atoms with Crippen molar-refractivity contribution in [3.63, 3.8) is 0 Å². The van der Waals surface area contributed by atoms with Gasteiger partial charge in [0.2, 0.25) is 0 Å². The molecule has 0 saturated carbocycles. The SMILES string of the molecule is Cc1ccc(C(C)C)c(OCC(=O)NC[C@@H]2CCCO2)c1. The van der Waals surface area contributed by atoms with Crippen LogP contribution in [0.4, 0.5) is 0 Å². The lowest BCUT2D eigenvalue weighted by molar-refractivity contribution is -0.123. The summed E-state index contributed by atoms with van der Waals surface area (Å²) in [5.41, 5.74) is 2.27. The zero-order valence-electron chi connectivity index (χ0n) is 13.1. The van der Waals surface area contributed by atoms with Crippen LogP contribution in [0.2, 0.25) is 0 Å². The number of hydrogen-bond acceptors (Lipinski definition) is 3. The van der Waals surface area contributed by atoms with Gasteiger partial charge in [-0.3, -0.25) is 4.79 Å². The van der Waals surface area contributed by atoms with Crippen molar-refractivity contribution in [3.05, 3.63) is 29.3 Å². The molecule has 116 valence electrons. The summed E-state index contributed by atoms with van der Waals surface area (Å²) in [6, 6.07) is 6.13. The molecule has 2 rings (SSSR count). The van der Waals surface area contributed by atoms with Gasteiger partial charge in [-0.25, -0.2) is 0 Å². The van der Waals surface area contributed by atoms with Gasteiger partial charge in [-0.1, -0.05) is 26.0 Å². The van der Waals surface area contributed by atoms with Gasteiger partial charge in [-0.15, -0.1) is 0 Å². The second kappa shape index (κ2) is 7.46. The minimum Gasteiger partial charge on any atom is -0.483 e. The van der Waals surface area contributed by atoms with Crippen LogP contribution >= 0.6 is 0 Å². The van der Waals surface area contributed by atoms with E-state index in [1.54, 1.807) is 0 Å². The summed E-state index contributed by atoms with van der Waals surface area (Å²) in [6.07, 6.45) is 2.27. The maximum absolute atomic E-state index is 11.8. The standard InChI is InChI=1S/C17H25NO3/c1-12(2)15-7-6-13(3)9-16(15)21-11-17(19)18-10-14-5-4-8-20-14/h6-7,9,12,14H,4-5,8,10-11H2,1-3H3,(H,18,19)/t14-/m0/s1. The minimum atomic E-state index is -0.0956. The fourth-order valence-corrected chi connectivity index (χ4v) is 2.47. The molecule has 4 heteroatoms. The molecular weight excluding hydrogens is 266 g/mol. The first-order valence-corrected chi connectivity index (χ1v) is 7.68. The summed E-state index contributed by atoms with van der Waals surface area (Å²) in [4.78, 5) is 11.8. The molecule has 21 heavy (non-hydrogen) atoms. The molecule has 0 bridgehead atoms. The van der Waals surface area contributed by atoms with Crippen LogP contribution in [0.1, 0.15) is 43.7 Å². The van der Waals surface area contributed by atoms with E-state index in [9.17, 15) is 4.79 Å². The first-order valence-electron chi connectivity index (χ1n) is 7.68. The van der Waals surface area contributed by atoms with Crippen LogP contribution in [0.15, 0.2) is 18.2 Å². The van der Waals surface area contributed by atoms with Crippen LogP contribution in [0.25, 0.3) is 0 Å². The van der Waals surface area contributed by atoms with E-state index in [2.05, 4.69) is 31.3 Å². The van der Waals surface area contributed by atoms with E-state index in [1.807, 2.05) is 13.0 Å². The third kappa shape index (κ3) is 4.74. The van der Waals surface area contributed by atoms with Crippen molar-refractivity contribution in [2.24, 2.45) is 0 Å². The van der Waals surface area contributed by atoms with Gasteiger partial charge in [-0.2, -0.15) is 0 Å². The summed E-state index contributed by atoms with van der Waals surface area (Å²) in [6.45, 7) is 7.69. The van der Waals surface area contributed by atoms with Crippen LogP contribution < -0.4 is 10.1 Å². The van der Waals surface area contributed by atoms with E-state index in [4.69, 9.17) is 9.47 Å². The fraction of sp³-hybridized carbons (Fsp3) is 0.588. The average molecular weight is 291 g/mol. The Balaban J connectivity index is 1.84. The summed E-state index contributed by atoms with van der Waals surface area (Å²) in [5, 5.41) is 2.87. The van der Waals surface area contributed by atoms with Crippen molar-refractivity contribution in [2.45, 2.75) is 45.6 Å². The maximum atomic E-state index is 11.8. The molecule has 1 fully saturated rings. The molecule has 0 unspecified atom stereocenters. The number of carbonyl (C=O) groups excluding carboxylic acids is 1. The largest absolute Gasteiger partial charge is 0.483 e. The van der Waals surface area contributed by atoms with Gasteiger partial charge in [0, 0.05) is 13.2 Å². The highest BCUT2D eigenvalue weighted by molar-refractivity contribution is 5.77. The minimum absolute atomic E-state index is 0.0515. The Bertz CT molecular complexity index is 479. The lowest BCUT2D eigenvalue weighted by Gasteiger charge is -2.15. The number of carbonyl (C=O) groups is 1. The molecule has 0 aliphatic carbocycles. The molecule has 4 nitrogen and oxygen atoms in total. The van der Waals surface area contributed by atoms with Crippen molar-refractivity contribution in [3.8, 4) is 5.75 Å². The molecule has 1 amide bonds. The van der Waals surface area contributed by atoms with Crippen LogP contribution in [-0.2, 0) is 9.53 Å². The zero-order valence-corrected chi connectivity index (χ0v) is 13.1. The first-order chi connectivity index (χ1) is 10.1. The smallest absolute Gasteiger partial charge is 0.258 e. The highest BCUT2D eigenvalue weighted by atomic mass is 16.5. The number of nitrogens with one attached hydrogen (secondary N) is 1. The van der Waals surface area contributed by atoms with Crippen molar-refractivity contribution < 1.29 is 14.3 Å². The summed E-state index contributed by atoms with van der Waals surface area (Å²) >= 11 is 0. The molecule has 1 N–H and O–H groups in total. The molecule has 1 aromatic carbocycles. The van der Waals surface area contributed by atoms with Crippen molar-refractivity contribution in [1.82, 2.24) is 5.32 Å². The Morgan fingerprint density at radius 2 is 2.29 bits per heavy atom. The zero-order chi connectivity index (χ0) is 15.2. The predicted molar refractivity (Wildman–Crippen MR) is 82.7 cm³/mol. The average Bonchev–Trinajstić information content (AvgIpc) is 2.96. The van der Waals surface area contributed by atoms with E-state index >= 15 is 0 Å². The van der Waals surface area contributed by atoms with Gasteiger partial charge in [0.25, 0.3) is 5.91 Å². The lowest BCUT2D eigenvalue weighted by atomic mass is 10.0. The van der Waals surface area contributed by atoms with Crippen LogP contribution in [-0.4, -0.2) is 31.8 Å². The second-order valence-corrected chi connectivity index (χ2v) is 5.92. The number of hydrogen-bond donors (Lipinski definition) is 1. The Hall–Kier alpha value is -1.55. The molecular formula is C17H25NO3. The van der Waals surface area contributed by atoms with E-state index in [0.29, 0.717) is 12.5 Å². The number of aryl methyl sites for hydroxylation is 1. The van der Waals surface area contributed by atoms with E-state index in [0.717, 1.165) is 36.3 Å². The molecule has 1 aliphatic rings. The van der Waals surface area contributed by atoms with Gasteiger partial charge >= 0.3 is 0 Å². The molecule has 0 aromatic heterocycles. The van der Waals surface area contributed by atoms with Crippen molar-refractivity contribution >= 4 is 5.91 Å². The molecule has 1 aromatic rings. The number of ether oxygens (including phenoxy) is 2. The quantitative estimate of drug-likeness (QED) is 0.876. The van der Waals surface area contributed by atoms with Crippen molar-refractivity contribution in [1.29, 1.82) is 0 Å². The third-order valence-corrected chi connectivity index (χ3v) is 3.70. The maximum Gasteiger partial charge on any atom is 0.258 e. The predicted octanol–water partition coefficient (Wildman–Crippen LogP) is 2.79.